The first-order valence-electron chi connectivity index (χ1n) is 4.03. The highest BCUT2D eigenvalue weighted by Crippen LogP contribution is 2.24. The summed E-state index contributed by atoms with van der Waals surface area (Å²) in [5.41, 5.74) is 1.15. The van der Waals surface area contributed by atoms with Crippen LogP contribution in [0.25, 0.3) is 5.57 Å². The van der Waals surface area contributed by atoms with E-state index in [1.165, 1.54) is 12.4 Å². The van der Waals surface area contributed by atoms with Crippen molar-refractivity contribution in [2.75, 3.05) is 0 Å². The monoisotopic (exact) mass is 164 g/mol. The van der Waals surface area contributed by atoms with Crippen molar-refractivity contribution in [1.82, 2.24) is 9.97 Å². The van der Waals surface area contributed by atoms with Gasteiger partial charge in [-0.05, 0) is 24.8 Å². The number of hydrogen-bond donors (Lipinski definition) is 0. The molecule has 0 fully saturated rings. The first-order valence-corrected chi connectivity index (χ1v) is 4.03. The Balaban J connectivity index is 2.28. The molecule has 2 rings (SSSR count). The van der Waals surface area contributed by atoms with E-state index in [4.69, 9.17) is 0 Å². The molecular formula is C9H9FN2. The molecular weight excluding hydrogens is 155 g/mol. The zero-order valence-corrected chi connectivity index (χ0v) is 6.63. The summed E-state index contributed by atoms with van der Waals surface area (Å²) in [6, 6.07) is 0. The highest BCUT2D eigenvalue weighted by Gasteiger charge is 2.08. The Morgan fingerprint density at radius 2 is 2.00 bits per heavy atom. The average molecular weight is 164 g/mol. The van der Waals surface area contributed by atoms with Gasteiger partial charge in [0.2, 0.25) is 0 Å². The van der Waals surface area contributed by atoms with Crippen LogP contribution in [0, 0.1) is 5.82 Å². The molecule has 1 aliphatic carbocycles. The van der Waals surface area contributed by atoms with Crippen molar-refractivity contribution in [2.24, 2.45) is 0 Å². The molecule has 0 saturated heterocycles. The van der Waals surface area contributed by atoms with E-state index in [1.54, 1.807) is 0 Å². The predicted octanol–water partition coefficient (Wildman–Crippen LogP) is 2.18. The van der Waals surface area contributed by atoms with Crippen LogP contribution in [-0.4, -0.2) is 9.97 Å². The predicted molar refractivity (Wildman–Crippen MR) is 43.8 cm³/mol. The van der Waals surface area contributed by atoms with Crippen molar-refractivity contribution in [3.8, 4) is 0 Å². The van der Waals surface area contributed by atoms with Crippen LogP contribution in [-0.2, 0) is 0 Å². The smallest absolute Gasteiger partial charge is 0.159 e. The third-order valence-corrected chi connectivity index (χ3v) is 1.95. The van der Waals surface area contributed by atoms with Gasteiger partial charge in [0.15, 0.2) is 11.6 Å². The lowest BCUT2D eigenvalue weighted by Crippen LogP contribution is -1.92. The van der Waals surface area contributed by atoms with Crippen molar-refractivity contribution < 1.29 is 4.39 Å². The van der Waals surface area contributed by atoms with Gasteiger partial charge >= 0.3 is 0 Å². The molecule has 1 aromatic heterocycles. The fraction of sp³-hybridized carbons (Fsp3) is 0.333. The minimum absolute atomic E-state index is 0.377. The largest absolute Gasteiger partial charge is 0.234 e. The SMILES string of the molecule is Fc1cnc(C2=CCCC2)nc1. The van der Waals surface area contributed by atoms with E-state index in [0.717, 1.165) is 24.8 Å². The highest BCUT2D eigenvalue weighted by molar-refractivity contribution is 5.61. The molecule has 2 nitrogen and oxygen atoms in total. The number of rotatable bonds is 1. The summed E-state index contributed by atoms with van der Waals surface area (Å²) >= 11 is 0. The molecule has 0 radical (unpaired) electrons. The quantitative estimate of drug-likeness (QED) is 0.635. The van der Waals surface area contributed by atoms with Crippen LogP contribution in [0.2, 0.25) is 0 Å². The van der Waals surface area contributed by atoms with Gasteiger partial charge in [0.1, 0.15) is 0 Å². The minimum Gasteiger partial charge on any atom is -0.234 e. The molecule has 0 aliphatic heterocycles. The molecule has 0 aromatic carbocycles. The fourth-order valence-electron chi connectivity index (χ4n) is 1.35. The topological polar surface area (TPSA) is 25.8 Å². The number of nitrogens with zero attached hydrogens (tertiary/aromatic N) is 2. The first-order chi connectivity index (χ1) is 5.86. The van der Waals surface area contributed by atoms with Crippen LogP contribution in [0.5, 0.6) is 0 Å². The van der Waals surface area contributed by atoms with Gasteiger partial charge in [-0.2, -0.15) is 0 Å². The molecule has 0 bridgehead atoms. The lowest BCUT2D eigenvalue weighted by atomic mass is 10.2. The van der Waals surface area contributed by atoms with Crippen molar-refractivity contribution in [2.45, 2.75) is 19.3 Å². The molecule has 62 valence electrons. The van der Waals surface area contributed by atoms with Crippen molar-refractivity contribution in [3.05, 3.63) is 30.1 Å². The minimum atomic E-state index is -0.377. The summed E-state index contributed by atoms with van der Waals surface area (Å²) < 4.78 is 12.4. The number of hydrogen-bond acceptors (Lipinski definition) is 2. The lowest BCUT2D eigenvalue weighted by Gasteiger charge is -1.97. The summed E-state index contributed by atoms with van der Waals surface area (Å²) in [4.78, 5) is 7.81. The summed E-state index contributed by atoms with van der Waals surface area (Å²) in [7, 11) is 0. The Kier molecular flexibility index (Phi) is 1.86. The highest BCUT2D eigenvalue weighted by atomic mass is 19.1. The zero-order valence-electron chi connectivity index (χ0n) is 6.63. The normalized spacial score (nSPS) is 16.2. The van der Waals surface area contributed by atoms with Gasteiger partial charge in [-0.15, -0.1) is 0 Å². The van der Waals surface area contributed by atoms with E-state index < -0.39 is 0 Å². The van der Waals surface area contributed by atoms with Crippen LogP contribution in [0.4, 0.5) is 4.39 Å². The summed E-state index contributed by atoms with van der Waals surface area (Å²) in [5, 5.41) is 0. The maximum absolute atomic E-state index is 12.4. The molecule has 0 N–H and O–H groups in total. The van der Waals surface area contributed by atoms with Gasteiger partial charge in [0.05, 0.1) is 12.4 Å². The van der Waals surface area contributed by atoms with Crippen molar-refractivity contribution in [1.29, 1.82) is 0 Å². The standard InChI is InChI=1S/C9H9FN2/c10-8-5-11-9(12-6-8)7-3-1-2-4-7/h3,5-6H,1-2,4H2. The molecule has 1 aliphatic rings. The number of halogens is 1. The lowest BCUT2D eigenvalue weighted by molar-refractivity contribution is 0.612. The van der Waals surface area contributed by atoms with Gasteiger partial charge in [0, 0.05) is 0 Å². The van der Waals surface area contributed by atoms with E-state index in [2.05, 4.69) is 16.0 Å². The molecule has 0 spiro atoms. The van der Waals surface area contributed by atoms with Gasteiger partial charge < -0.3 is 0 Å². The molecule has 1 aromatic rings. The van der Waals surface area contributed by atoms with Gasteiger partial charge in [-0.1, -0.05) is 6.08 Å². The van der Waals surface area contributed by atoms with Crippen LogP contribution in [0.1, 0.15) is 25.1 Å². The summed E-state index contributed by atoms with van der Waals surface area (Å²) in [6.07, 6.45) is 7.81. The van der Waals surface area contributed by atoms with Crippen LogP contribution >= 0.6 is 0 Å². The molecule has 1 heterocycles. The first kappa shape index (κ1) is 7.40. The molecule has 12 heavy (non-hydrogen) atoms. The van der Waals surface area contributed by atoms with Crippen LogP contribution in [0.15, 0.2) is 18.5 Å². The average Bonchev–Trinajstić information content (AvgIpc) is 2.58. The molecule has 0 unspecified atom stereocenters. The van der Waals surface area contributed by atoms with E-state index in [9.17, 15) is 4.39 Å². The van der Waals surface area contributed by atoms with Crippen LogP contribution < -0.4 is 0 Å². The van der Waals surface area contributed by atoms with Crippen molar-refractivity contribution >= 4 is 5.57 Å². The number of aromatic nitrogens is 2. The molecule has 0 amide bonds. The Labute approximate surface area is 70.2 Å². The van der Waals surface area contributed by atoms with Gasteiger partial charge in [-0.3, -0.25) is 0 Å². The van der Waals surface area contributed by atoms with E-state index in [1.807, 2.05) is 0 Å². The van der Waals surface area contributed by atoms with E-state index in [0.29, 0.717) is 5.82 Å². The van der Waals surface area contributed by atoms with E-state index >= 15 is 0 Å². The second-order valence-electron chi connectivity index (χ2n) is 2.85. The number of allylic oxidation sites excluding steroid dienone is 2. The van der Waals surface area contributed by atoms with Gasteiger partial charge in [-0.25, -0.2) is 14.4 Å². The maximum atomic E-state index is 12.4. The molecule has 0 atom stereocenters. The Morgan fingerprint density at radius 1 is 1.25 bits per heavy atom. The molecule has 0 saturated carbocycles. The van der Waals surface area contributed by atoms with E-state index in [-0.39, 0.29) is 5.82 Å². The second kappa shape index (κ2) is 3.01. The Hall–Kier alpha value is -1.25. The Morgan fingerprint density at radius 3 is 2.58 bits per heavy atom. The zero-order chi connectivity index (χ0) is 8.39. The Bertz CT molecular complexity index is 303. The summed E-state index contributed by atoms with van der Waals surface area (Å²) in [6.45, 7) is 0. The fourth-order valence-corrected chi connectivity index (χ4v) is 1.35. The maximum Gasteiger partial charge on any atom is 0.159 e. The summed E-state index contributed by atoms with van der Waals surface area (Å²) in [5.74, 6) is 0.297. The second-order valence-corrected chi connectivity index (χ2v) is 2.85. The molecule has 3 heteroatoms. The van der Waals surface area contributed by atoms with Crippen molar-refractivity contribution in [3.63, 3.8) is 0 Å². The third kappa shape index (κ3) is 1.35. The van der Waals surface area contributed by atoms with Crippen LogP contribution in [0.3, 0.4) is 0 Å². The third-order valence-electron chi connectivity index (χ3n) is 1.95. The van der Waals surface area contributed by atoms with Gasteiger partial charge in [0.25, 0.3) is 0 Å².